The molecule has 5 nitrogen and oxygen atoms in total. The maximum Gasteiger partial charge on any atom is 0.130 e. The molecule has 0 amide bonds. The van der Waals surface area contributed by atoms with Gasteiger partial charge in [0.15, 0.2) is 0 Å². The number of hydrogen-bond donors (Lipinski definition) is 0. The van der Waals surface area contributed by atoms with E-state index < -0.39 is 0 Å². The minimum atomic E-state index is 0.475. The molecule has 3 aromatic rings. The van der Waals surface area contributed by atoms with Crippen molar-refractivity contribution < 1.29 is 18.9 Å². The zero-order valence-electron chi connectivity index (χ0n) is 17.7. The fourth-order valence-electron chi connectivity index (χ4n) is 3.05. The van der Waals surface area contributed by atoms with Crippen LogP contribution in [0.3, 0.4) is 0 Å². The lowest BCUT2D eigenvalue weighted by Crippen LogP contribution is -2.08. The molecule has 0 aliphatic carbocycles. The van der Waals surface area contributed by atoms with Crippen molar-refractivity contribution in [3.63, 3.8) is 0 Å². The summed E-state index contributed by atoms with van der Waals surface area (Å²) < 4.78 is 22.6. The Bertz CT molecular complexity index is 899. The lowest BCUT2D eigenvalue weighted by molar-refractivity contribution is 0.107. The van der Waals surface area contributed by atoms with Crippen LogP contribution in [-0.2, 0) is 9.47 Å². The van der Waals surface area contributed by atoms with Crippen molar-refractivity contribution in [1.29, 1.82) is 0 Å². The molecule has 2 aromatic carbocycles. The van der Waals surface area contributed by atoms with Crippen LogP contribution < -0.4 is 9.47 Å². The minimum Gasteiger partial charge on any atom is -0.491 e. The first-order valence-electron chi connectivity index (χ1n) is 10.4. The fourth-order valence-corrected chi connectivity index (χ4v) is 3.05. The molecule has 0 aliphatic heterocycles. The average molecular weight is 408 g/mol. The molecule has 158 valence electrons. The first kappa shape index (κ1) is 21.8. The quantitative estimate of drug-likeness (QED) is 0.384. The molecule has 0 radical (unpaired) electrons. The van der Waals surface area contributed by atoms with Gasteiger partial charge in [-0.25, -0.2) is 0 Å². The monoisotopic (exact) mass is 407 g/mol. The Labute approximate surface area is 178 Å². The van der Waals surface area contributed by atoms with Gasteiger partial charge in [-0.3, -0.25) is 4.98 Å². The summed E-state index contributed by atoms with van der Waals surface area (Å²) in [6.07, 6.45) is 1.80. The number of nitrogens with zero attached hydrogens (tertiary/aromatic N) is 1. The number of rotatable bonds is 12. The highest BCUT2D eigenvalue weighted by Crippen LogP contribution is 2.35. The van der Waals surface area contributed by atoms with Crippen LogP contribution in [0.15, 0.2) is 66.9 Å². The van der Waals surface area contributed by atoms with Crippen molar-refractivity contribution in [1.82, 2.24) is 4.98 Å². The Hall–Kier alpha value is -2.89. The lowest BCUT2D eigenvalue weighted by atomic mass is 10.0. The Morgan fingerprint density at radius 3 is 2.20 bits per heavy atom. The molecule has 0 aliphatic rings. The second-order valence-electron chi connectivity index (χ2n) is 6.54. The van der Waals surface area contributed by atoms with E-state index in [4.69, 9.17) is 18.9 Å². The molecule has 0 spiro atoms. The Morgan fingerprint density at radius 2 is 1.47 bits per heavy atom. The second kappa shape index (κ2) is 12.0. The zero-order valence-corrected chi connectivity index (χ0v) is 17.7. The Balaban J connectivity index is 1.84. The van der Waals surface area contributed by atoms with E-state index in [1.54, 1.807) is 6.20 Å². The van der Waals surface area contributed by atoms with E-state index in [9.17, 15) is 0 Å². The highest BCUT2D eigenvalue weighted by atomic mass is 16.5. The van der Waals surface area contributed by atoms with Crippen LogP contribution in [0.25, 0.3) is 22.4 Å². The molecule has 30 heavy (non-hydrogen) atoms. The molecule has 0 N–H and O–H groups in total. The zero-order chi connectivity index (χ0) is 21.0. The number of aromatic nitrogens is 1. The molecule has 1 aromatic heterocycles. The van der Waals surface area contributed by atoms with Gasteiger partial charge in [0.05, 0.1) is 18.9 Å². The molecule has 0 bridgehead atoms. The molecule has 0 saturated heterocycles. The van der Waals surface area contributed by atoms with E-state index in [-0.39, 0.29) is 0 Å². The van der Waals surface area contributed by atoms with E-state index in [0.29, 0.717) is 39.6 Å². The normalized spacial score (nSPS) is 10.7. The molecule has 0 saturated carbocycles. The van der Waals surface area contributed by atoms with Crippen molar-refractivity contribution in [2.45, 2.75) is 13.8 Å². The van der Waals surface area contributed by atoms with Crippen molar-refractivity contribution >= 4 is 0 Å². The number of pyridine rings is 1. The predicted octanol–water partition coefficient (Wildman–Crippen LogP) is 5.25. The Morgan fingerprint density at radius 1 is 0.700 bits per heavy atom. The standard InChI is InChI=1S/C25H29NO4/c1-3-27-14-16-29-22-11-12-23(25(19-22)30-17-15-28-4-2)20-8-7-9-21(18-20)24-10-5-6-13-26-24/h5-13,18-19H,3-4,14-17H2,1-2H3. The number of hydrogen-bond acceptors (Lipinski definition) is 5. The van der Waals surface area contributed by atoms with Crippen molar-refractivity contribution in [2.75, 3.05) is 39.6 Å². The second-order valence-corrected chi connectivity index (χ2v) is 6.54. The average Bonchev–Trinajstić information content (AvgIpc) is 2.80. The van der Waals surface area contributed by atoms with Gasteiger partial charge >= 0.3 is 0 Å². The predicted molar refractivity (Wildman–Crippen MR) is 119 cm³/mol. The SMILES string of the molecule is CCOCCOc1ccc(-c2cccc(-c3ccccn3)c2)c(OCCOCC)c1. The third-order valence-electron chi connectivity index (χ3n) is 4.48. The van der Waals surface area contributed by atoms with Crippen molar-refractivity contribution in [3.05, 3.63) is 66.9 Å². The smallest absolute Gasteiger partial charge is 0.130 e. The van der Waals surface area contributed by atoms with E-state index in [1.807, 2.05) is 56.3 Å². The van der Waals surface area contributed by atoms with Crippen LogP contribution in [0.1, 0.15) is 13.8 Å². The summed E-state index contributed by atoms with van der Waals surface area (Å²) >= 11 is 0. The molecular formula is C25H29NO4. The topological polar surface area (TPSA) is 49.8 Å². The number of ether oxygens (including phenoxy) is 4. The highest BCUT2D eigenvalue weighted by molar-refractivity contribution is 5.76. The first-order chi connectivity index (χ1) is 14.8. The van der Waals surface area contributed by atoms with Crippen LogP contribution in [0.5, 0.6) is 11.5 Å². The third-order valence-corrected chi connectivity index (χ3v) is 4.48. The molecule has 3 rings (SSSR count). The first-order valence-corrected chi connectivity index (χ1v) is 10.4. The van der Waals surface area contributed by atoms with Gasteiger partial charge in [-0.05, 0) is 49.7 Å². The largest absolute Gasteiger partial charge is 0.491 e. The van der Waals surface area contributed by atoms with Gasteiger partial charge in [0.2, 0.25) is 0 Å². The maximum atomic E-state index is 6.06. The molecule has 0 atom stereocenters. The highest BCUT2D eigenvalue weighted by Gasteiger charge is 2.11. The third kappa shape index (κ3) is 6.31. The van der Waals surface area contributed by atoms with Crippen LogP contribution in [0.2, 0.25) is 0 Å². The molecular weight excluding hydrogens is 378 g/mol. The van der Waals surface area contributed by atoms with Crippen molar-refractivity contribution in [2.24, 2.45) is 0 Å². The summed E-state index contributed by atoms with van der Waals surface area (Å²) in [5.74, 6) is 1.52. The van der Waals surface area contributed by atoms with E-state index >= 15 is 0 Å². The van der Waals surface area contributed by atoms with E-state index in [1.165, 1.54) is 0 Å². The molecule has 0 unspecified atom stereocenters. The Kier molecular flexibility index (Phi) is 8.69. The van der Waals surface area contributed by atoms with Gasteiger partial charge in [-0.15, -0.1) is 0 Å². The van der Waals surface area contributed by atoms with Gasteiger partial charge in [-0.2, -0.15) is 0 Å². The van der Waals surface area contributed by atoms with Gasteiger partial charge < -0.3 is 18.9 Å². The van der Waals surface area contributed by atoms with E-state index in [0.717, 1.165) is 33.9 Å². The van der Waals surface area contributed by atoms with Gasteiger partial charge in [0, 0.05) is 36.6 Å². The summed E-state index contributed by atoms with van der Waals surface area (Å²) in [4.78, 5) is 4.46. The van der Waals surface area contributed by atoms with Gasteiger partial charge in [0.1, 0.15) is 24.7 Å². The summed E-state index contributed by atoms with van der Waals surface area (Å²) in [6, 6.07) is 20.1. The lowest BCUT2D eigenvalue weighted by Gasteiger charge is -2.15. The van der Waals surface area contributed by atoms with Crippen molar-refractivity contribution in [3.8, 4) is 33.9 Å². The summed E-state index contributed by atoms with van der Waals surface area (Å²) in [5, 5.41) is 0. The molecule has 5 heteroatoms. The van der Waals surface area contributed by atoms with E-state index in [2.05, 4.69) is 23.2 Å². The summed E-state index contributed by atoms with van der Waals surface area (Å²) in [6.45, 7) is 7.37. The van der Waals surface area contributed by atoms with Crippen LogP contribution in [0.4, 0.5) is 0 Å². The fraction of sp³-hybridized carbons (Fsp3) is 0.320. The molecule has 0 fully saturated rings. The maximum absolute atomic E-state index is 6.06. The van der Waals surface area contributed by atoms with Gasteiger partial charge in [-0.1, -0.05) is 24.3 Å². The minimum absolute atomic E-state index is 0.475. The van der Waals surface area contributed by atoms with Crippen LogP contribution >= 0.6 is 0 Å². The van der Waals surface area contributed by atoms with Crippen LogP contribution in [-0.4, -0.2) is 44.6 Å². The van der Waals surface area contributed by atoms with Crippen LogP contribution in [0, 0.1) is 0 Å². The number of benzene rings is 2. The summed E-state index contributed by atoms with van der Waals surface area (Å²) in [5.41, 5.74) is 4.06. The summed E-state index contributed by atoms with van der Waals surface area (Å²) in [7, 11) is 0. The molecule has 1 heterocycles. The van der Waals surface area contributed by atoms with Gasteiger partial charge in [0.25, 0.3) is 0 Å².